The maximum Gasteiger partial charge on any atom is 0.321 e. The fourth-order valence-electron chi connectivity index (χ4n) is 2.25. The summed E-state index contributed by atoms with van der Waals surface area (Å²) < 4.78 is 7.11. The van der Waals surface area contributed by atoms with Gasteiger partial charge in [0.15, 0.2) is 11.0 Å². The van der Waals surface area contributed by atoms with E-state index in [1.807, 2.05) is 35.8 Å². The summed E-state index contributed by atoms with van der Waals surface area (Å²) in [5, 5.41) is 13.2. The standard InChI is InChI=1S/C17H23N5O3S/c1-11-6-5-7-13(10-11)14-20-21-17(22(14)8-9-25-4)26-12(2)15(23)19-16(24)18-3/h5-7,10,12H,8-9H2,1-4H3,(H2,18,19,23,24). The maximum atomic E-state index is 12.1. The molecule has 0 aliphatic heterocycles. The van der Waals surface area contributed by atoms with Crippen LogP contribution in [0.1, 0.15) is 12.5 Å². The zero-order valence-corrected chi connectivity index (χ0v) is 16.1. The van der Waals surface area contributed by atoms with Gasteiger partial charge in [0.25, 0.3) is 0 Å². The molecule has 1 heterocycles. The third-order valence-corrected chi connectivity index (χ3v) is 4.71. The van der Waals surface area contributed by atoms with Crippen LogP contribution >= 0.6 is 11.8 Å². The highest BCUT2D eigenvalue weighted by Crippen LogP contribution is 2.27. The number of aromatic nitrogens is 3. The van der Waals surface area contributed by atoms with E-state index in [4.69, 9.17) is 4.74 Å². The topological polar surface area (TPSA) is 98.1 Å². The van der Waals surface area contributed by atoms with Crippen molar-refractivity contribution in [2.45, 2.75) is 30.8 Å². The van der Waals surface area contributed by atoms with Crippen molar-refractivity contribution in [1.82, 2.24) is 25.4 Å². The number of carbonyl (C=O) groups excluding carboxylic acids is 2. The van der Waals surface area contributed by atoms with Crippen LogP contribution < -0.4 is 10.6 Å². The van der Waals surface area contributed by atoms with E-state index in [9.17, 15) is 9.59 Å². The van der Waals surface area contributed by atoms with Gasteiger partial charge in [-0.05, 0) is 19.9 Å². The van der Waals surface area contributed by atoms with Crippen molar-refractivity contribution < 1.29 is 14.3 Å². The summed E-state index contributed by atoms with van der Waals surface area (Å²) in [5.74, 6) is 0.319. The molecule has 2 aromatic rings. The predicted molar refractivity (Wildman–Crippen MR) is 100.0 cm³/mol. The smallest absolute Gasteiger partial charge is 0.321 e. The average Bonchev–Trinajstić information content (AvgIpc) is 3.02. The second-order valence-electron chi connectivity index (χ2n) is 5.65. The lowest BCUT2D eigenvalue weighted by atomic mass is 10.1. The molecule has 1 unspecified atom stereocenters. The molecule has 26 heavy (non-hydrogen) atoms. The molecule has 0 aliphatic carbocycles. The first-order valence-electron chi connectivity index (χ1n) is 8.14. The van der Waals surface area contributed by atoms with Crippen LogP contribution in [0.4, 0.5) is 4.79 Å². The number of rotatable bonds is 7. The van der Waals surface area contributed by atoms with Crippen molar-refractivity contribution in [3.05, 3.63) is 29.8 Å². The van der Waals surface area contributed by atoms with E-state index in [1.54, 1.807) is 14.0 Å². The van der Waals surface area contributed by atoms with E-state index in [2.05, 4.69) is 20.8 Å². The monoisotopic (exact) mass is 377 g/mol. The first-order chi connectivity index (χ1) is 12.5. The minimum Gasteiger partial charge on any atom is -0.383 e. The molecule has 9 heteroatoms. The van der Waals surface area contributed by atoms with Crippen LogP contribution in [0.15, 0.2) is 29.4 Å². The average molecular weight is 377 g/mol. The number of ether oxygens (including phenoxy) is 1. The second-order valence-corrected chi connectivity index (χ2v) is 6.96. The van der Waals surface area contributed by atoms with Gasteiger partial charge in [-0.3, -0.25) is 14.7 Å². The Balaban J connectivity index is 2.25. The third-order valence-electron chi connectivity index (χ3n) is 3.63. The molecule has 1 atom stereocenters. The molecule has 0 saturated heterocycles. The lowest BCUT2D eigenvalue weighted by Gasteiger charge is -2.13. The number of thioether (sulfide) groups is 1. The Morgan fingerprint density at radius 1 is 1.35 bits per heavy atom. The molecule has 0 aliphatic rings. The van der Waals surface area contributed by atoms with E-state index in [-0.39, 0.29) is 0 Å². The SMILES string of the molecule is CNC(=O)NC(=O)C(C)Sc1nnc(-c2cccc(C)c2)n1CCOC. The summed E-state index contributed by atoms with van der Waals surface area (Å²) in [7, 11) is 3.08. The van der Waals surface area contributed by atoms with Gasteiger partial charge in [-0.25, -0.2) is 4.79 Å². The fourth-order valence-corrected chi connectivity index (χ4v) is 3.12. The number of methoxy groups -OCH3 is 1. The molecule has 3 amide bonds. The number of hydrogen-bond acceptors (Lipinski definition) is 6. The first-order valence-corrected chi connectivity index (χ1v) is 9.02. The van der Waals surface area contributed by atoms with Gasteiger partial charge in [0.2, 0.25) is 5.91 Å². The number of imide groups is 1. The van der Waals surface area contributed by atoms with E-state index in [0.717, 1.165) is 11.1 Å². The molecule has 1 aromatic carbocycles. The third kappa shape index (κ3) is 5.06. The lowest BCUT2D eigenvalue weighted by molar-refractivity contribution is -0.119. The number of amides is 3. The number of nitrogens with zero attached hydrogens (tertiary/aromatic N) is 3. The first kappa shape index (κ1) is 19.9. The van der Waals surface area contributed by atoms with Crippen molar-refractivity contribution in [2.75, 3.05) is 20.8 Å². The van der Waals surface area contributed by atoms with Crippen LogP contribution in [0, 0.1) is 6.92 Å². The van der Waals surface area contributed by atoms with E-state index >= 15 is 0 Å². The Hall–Kier alpha value is -2.39. The molecule has 0 radical (unpaired) electrons. The molecule has 2 rings (SSSR count). The Bertz CT molecular complexity index is 778. The van der Waals surface area contributed by atoms with Gasteiger partial charge < -0.3 is 10.1 Å². The molecular formula is C17H23N5O3S. The normalized spacial score (nSPS) is 11.8. The van der Waals surface area contributed by atoms with Gasteiger partial charge in [0.1, 0.15) is 0 Å². The maximum absolute atomic E-state index is 12.1. The van der Waals surface area contributed by atoms with Gasteiger partial charge >= 0.3 is 6.03 Å². The Morgan fingerprint density at radius 2 is 2.12 bits per heavy atom. The van der Waals surface area contributed by atoms with Gasteiger partial charge in [0.05, 0.1) is 18.4 Å². The molecule has 0 saturated carbocycles. The summed E-state index contributed by atoms with van der Waals surface area (Å²) in [4.78, 5) is 23.4. The van der Waals surface area contributed by atoms with Crippen LogP contribution in [-0.4, -0.2) is 52.7 Å². The number of benzene rings is 1. The van der Waals surface area contributed by atoms with Gasteiger partial charge in [-0.2, -0.15) is 0 Å². The van der Waals surface area contributed by atoms with Crippen LogP contribution in [0.2, 0.25) is 0 Å². The van der Waals surface area contributed by atoms with Crippen molar-refractivity contribution in [1.29, 1.82) is 0 Å². The van der Waals surface area contributed by atoms with E-state index in [1.165, 1.54) is 18.8 Å². The molecule has 0 spiro atoms. The second kappa shape index (κ2) is 9.35. The van der Waals surface area contributed by atoms with Crippen LogP contribution in [-0.2, 0) is 16.1 Å². The summed E-state index contributed by atoms with van der Waals surface area (Å²) in [6.07, 6.45) is 0. The highest BCUT2D eigenvalue weighted by Gasteiger charge is 2.22. The van der Waals surface area contributed by atoms with E-state index < -0.39 is 17.2 Å². The Kier molecular flexibility index (Phi) is 7.16. The predicted octanol–water partition coefficient (Wildman–Crippen LogP) is 1.84. The highest BCUT2D eigenvalue weighted by molar-refractivity contribution is 8.00. The Morgan fingerprint density at radius 3 is 2.77 bits per heavy atom. The minimum absolute atomic E-state index is 0.396. The minimum atomic E-state index is -0.538. The lowest BCUT2D eigenvalue weighted by Crippen LogP contribution is -2.41. The number of nitrogens with one attached hydrogen (secondary N) is 2. The summed E-state index contributed by atoms with van der Waals surface area (Å²) >= 11 is 1.24. The highest BCUT2D eigenvalue weighted by atomic mass is 32.2. The van der Waals surface area contributed by atoms with Crippen molar-refractivity contribution in [2.24, 2.45) is 0 Å². The van der Waals surface area contributed by atoms with Crippen LogP contribution in [0.3, 0.4) is 0 Å². The largest absolute Gasteiger partial charge is 0.383 e. The molecule has 8 nitrogen and oxygen atoms in total. The zero-order chi connectivity index (χ0) is 19.1. The summed E-state index contributed by atoms with van der Waals surface area (Å²) in [5.41, 5.74) is 2.07. The summed E-state index contributed by atoms with van der Waals surface area (Å²) in [6, 6.07) is 7.44. The molecular weight excluding hydrogens is 354 g/mol. The quantitative estimate of drug-likeness (QED) is 0.715. The van der Waals surface area contributed by atoms with Gasteiger partial charge in [0, 0.05) is 19.7 Å². The number of urea groups is 1. The fraction of sp³-hybridized carbons (Fsp3) is 0.412. The molecule has 2 N–H and O–H groups in total. The van der Waals surface area contributed by atoms with Crippen molar-refractivity contribution in [3.63, 3.8) is 0 Å². The van der Waals surface area contributed by atoms with Crippen LogP contribution in [0.5, 0.6) is 0 Å². The van der Waals surface area contributed by atoms with Crippen molar-refractivity contribution in [3.8, 4) is 11.4 Å². The van der Waals surface area contributed by atoms with Crippen molar-refractivity contribution >= 4 is 23.7 Å². The number of carbonyl (C=O) groups is 2. The van der Waals surface area contributed by atoms with Gasteiger partial charge in [-0.1, -0.05) is 35.5 Å². The molecule has 0 fully saturated rings. The zero-order valence-electron chi connectivity index (χ0n) is 15.3. The molecule has 0 bridgehead atoms. The van der Waals surface area contributed by atoms with Crippen LogP contribution in [0.25, 0.3) is 11.4 Å². The number of aryl methyl sites for hydroxylation is 1. The van der Waals surface area contributed by atoms with E-state index in [0.29, 0.717) is 24.1 Å². The summed E-state index contributed by atoms with van der Waals surface area (Å²) in [6.45, 7) is 4.77. The Labute approximate surface area is 156 Å². The number of hydrogen-bond donors (Lipinski definition) is 2. The van der Waals surface area contributed by atoms with Gasteiger partial charge in [-0.15, -0.1) is 10.2 Å². The molecule has 1 aromatic heterocycles. The molecule has 140 valence electrons.